The fourth-order valence-electron chi connectivity index (χ4n) is 2.58. The summed E-state index contributed by atoms with van der Waals surface area (Å²) < 4.78 is 37.8. The Kier molecular flexibility index (Phi) is 7.14. The molecule has 0 radical (unpaired) electrons. The summed E-state index contributed by atoms with van der Waals surface area (Å²) >= 11 is 5.93. The number of carbonyl (C=O) groups is 2. The second kappa shape index (κ2) is 9.80. The molecule has 0 saturated carbocycles. The number of halogens is 3. The molecule has 0 aliphatic rings. The molecule has 2 heterocycles. The van der Waals surface area contributed by atoms with Gasteiger partial charge in [-0.25, -0.2) is 13.6 Å². The molecular formula is C19H16ClF2N4O4P. The van der Waals surface area contributed by atoms with Gasteiger partial charge in [-0.1, -0.05) is 23.7 Å². The van der Waals surface area contributed by atoms with E-state index in [1.807, 2.05) is 0 Å². The van der Waals surface area contributed by atoms with E-state index in [1.165, 1.54) is 38.4 Å². The Balaban J connectivity index is 1.62. The van der Waals surface area contributed by atoms with Gasteiger partial charge >= 0.3 is 6.03 Å². The smallest absolute Gasteiger partial charge is 0.318 e. The SMILES string of the molecule is COc1cc(C(=O)PNC(=O)NC(C)c2ncc(-c3cccc(F)c3Cl)cc2F)on1. The van der Waals surface area contributed by atoms with Crippen LogP contribution in [-0.4, -0.2) is 28.8 Å². The fraction of sp³-hybridized carbons (Fsp3) is 0.158. The van der Waals surface area contributed by atoms with Crippen molar-refractivity contribution in [1.82, 2.24) is 20.5 Å². The van der Waals surface area contributed by atoms with Crippen LogP contribution in [-0.2, 0) is 0 Å². The molecule has 0 fully saturated rings. The lowest BCUT2D eigenvalue weighted by Gasteiger charge is -2.15. The summed E-state index contributed by atoms with van der Waals surface area (Å²) in [4.78, 5) is 28.1. The van der Waals surface area contributed by atoms with Crippen molar-refractivity contribution < 1.29 is 27.6 Å². The van der Waals surface area contributed by atoms with E-state index in [4.69, 9.17) is 20.9 Å². The Labute approximate surface area is 182 Å². The highest BCUT2D eigenvalue weighted by atomic mass is 35.5. The van der Waals surface area contributed by atoms with Crippen LogP contribution in [0.2, 0.25) is 5.02 Å². The zero-order chi connectivity index (χ0) is 22.5. The molecule has 2 amide bonds. The number of pyridine rings is 1. The van der Waals surface area contributed by atoms with E-state index in [9.17, 15) is 18.4 Å². The summed E-state index contributed by atoms with van der Waals surface area (Å²) in [6.07, 6.45) is 1.33. The molecule has 0 aliphatic heterocycles. The molecule has 31 heavy (non-hydrogen) atoms. The van der Waals surface area contributed by atoms with Gasteiger partial charge in [0.05, 0.1) is 38.7 Å². The van der Waals surface area contributed by atoms with E-state index >= 15 is 0 Å². The minimum Gasteiger partial charge on any atom is -0.479 e. The van der Waals surface area contributed by atoms with Crippen LogP contribution in [0.1, 0.15) is 29.2 Å². The van der Waals surface area contributed by atoms with Crippen LogP contribution in [0.3, 0.4) is 0 Å². The Morgan fingerprint density at radius 1 is 1.26 bits per heavy atom. The predicted molar refractivity (Wildman–Crippen MR) is 110 cm³/mol. The standard InChI is InChI=1S/C19H16ClF2N4O4P/c1-9(24-19(28)26-31-18(27)14-7-15(29-2)25-30-14)17-13(22)6-10(8-23-17)11-4-3-5-12(21)16(11)20/h3-9,31H,1-2H3,(H2,24,26,28). The number of urea groups is 1. The van der Waals surface area contributed by atoms with Crippen molar-refractivity contribution in [3.63, 3.8) is 0 Å². The largest absolute Gasteiger partial charge is 0.479 e. The minimum atomic E-state index is -0.817. The molecule has 0 bridgehead atoms. The lowest BCUT2D eigenvalue weighted by atomic mass is 10.1. The first-order valence-corrected chi connectivity index (χ1v) is 10.1. The summed E-state index contributed by atoms with van der Waals surface area (Å²) in [5, 5.41) is 8.21. The third kappa shape index (κ3) is 5.34. The third-order valence-corrected chi connectivity index (χ3v) is 5.31. The van der Waals surface area contributed by atoms with Crippen molar-refractivity contribution in [1.29, 1.82) is 0 Å². The van der Waals surface area contributed by atoms with Crippen LogP contribution >= 0.6 is 20.3 Å². The summed E-state index contributed by atoms with van der Waals surface area (Å²) in [7, 11) is 0.724. The van der Waals surface area contributed by atoms with Crippen LogP contribution in [0.15, 0.2) is 41.1 Å². The van der Waals surface area contributed by atoms with Crippen LogP contribution < -0.4 is 15.1 Å². The number of hydrogen-bond donors (Lipinski definition) is 2. The highest BCUT2D eigenvalue weighted by Crippen LogP contribution is 2.31. The van der Waals surface area contributed by atoms with E-state index in [-0.39, 0.29) is 27.9 Å². The first-order chi connectivity index (χ1) is 14.8. The van der Waals surface area contributed by atoms with Crippen molar-refractivity contribution in [3.05, 3.63) is 64.6 Å². The lowest BCUT2D eigenvalue weighted by molar-refractivity contribution is 0.105. The molecule has 12 heteroatoms. The molecule has 3 rings (SSSR count). The van der Waals surface area contributed by atoms with E-state index in [1.54, 1.807) is 6.07 Å². The van der Waals surface area contributed by atoms with Gasteiger partial charge < -0.3 is 19.7 Å². The number of nitrogens with zero attached hydrogens (tertiary/aromatic N) is 2. The molecule has 0 saturated heterocycles. The summed E-state index contributed by atoms with van der Waals surface area (Å²) in [5.41, 5.74) is 0.0407. The zero-order valence-electron chi connectivity index (χ0n) is 16.2. The molecule has 8 nitrogen and oxygen atoms in total. The van der Waals surface area contributed by atoms with Gasteiger partial charge in [-0.2, -0.15) is 0 Å². The minimum absolute atomic E-state index is 0.0407. The molecule has 2 N–H and O–H groups in total. The maximum atomic E-state index is 14.6. The van der Waals surface area contributed by atoms with E-state index in [0.29, 0.717) is 5.56 Å². The molecule has 0 spiro atoms. The third-order valence-electron chi connectivity index (χ3n) is 4.10. The Hall–Kier alpha value is -3.10. The van der Waals surface area contributed by atoms with Gasteiger partial charge in [0.25, 0.3) is 5.88 Å². The summed E-state index contributed by atoms with van der Waals surface area (Å²) in [6, 6.07) is 5.11. The fourth-order valence-corrected chi connectivity index (χ4v) is 3.35. The highest BCUT2D eigenvalue weighted by molar-refractivity contribution is 7.57. The van der Waals surface area contributed by atoms with Crippen LogP contribution in [0.4, 0.5) is 13.6 Å². The second-order valence-electron chi connectivity index (χ2n) is 6.20. The van der Waals surface area contributed by atoms with Gasteiger partial charge in [-0.05, 0) is 24.2 Å². The number of methoxy groups -OCH3 is 1. The van der Waals surface area contributed by atoms with Crippen LogP contribution in [0.5, 0.6) is 5.88 Å². The maximum Gasteiger partial charge on any atom is 0.318 e. The zero-order valence-corrected chi connectivity index (χ0v) is 18.0. The Bertz CT molecular complexity index is 1130. The number of benzene rings is 1. The molecule has 0 aliphatic carbocycles. The number of amides is 2. The quantitative estimate of drug-likeness (QED) is 0.495. The highest BCUT2D eigenvalue weighted by Gasteiger charge is 2.19. The predicted octanol–water partition coefficient (Wildman–Crippen LogP) is 4.47. The average molecular weight is 469 g/mol. The van der Waals surface area contributed by atoms with E-state index in [0.717, 1.165) is 6.07 Å². The molecule has 2 atom stereocenters. The van der Waals surface area contributed by atoms with E-state index in [2.05, 4.69) is 20.5 Å². The molecule has 2 unspecified atom stereocenters. The van der Waals surface area contributed by atoms with Crippen molar-refractivity contribution in [2.24, 2.45) is 0 Å². The Morgan fingerprint density at radius 2 is 2.03 bits per heavy atom. The van der Waals surface area contributed by atoms with Crippen molar-refractivity contribution in [2.45, 2.75) is 13.0 Å². The van der Waals surface area contributed by atoms with Gasteiger partial charge in [0.1, 0.15) is 11.6 Å². The summed E-state index contributed by atoms with van der Waals surface area (Å²) in [6.45, 7) is 1.52. The number of carbonyl (C=O) groups excluding carboxylic acids is 2. The monoisotopic (exact) mass is 468 g/mol. The van der Waals surface area contributed by atoms with Gasteiger partial charge in [-0.3, -0.25) is 9.78 Å². The normalized spacial score (nSPS) is 12.0. The molecule has 3 aromatic rings. The number of ether oxygens (including phenoxy) is 1. The van der Waals surface area contributed by atoms with Gasteiger partial charge in [-0.15, -0.1) is 0 Å². The number of aromatic nitrogens is 2. The second-order valence-corrected chi connectivity index (χ2v) is 7.53. The number of rotatable bonds is 7. The molecule has 2 aromatic heterocycles. The number of nitrogens with one attached hydrogen (secondary N) is 2. The van der Waals surface area contributed by atoms with Crippen LogP contribution in [0.25, 0.3) is 11.1 Å². The Morgan fingerprint density at radius 3 is 2.71 bits per heavy atom. The lowest BCUT2D eigenvalue weighted by Crippen LogP contribution is -2.34. The van der Waals surface area contributed by atoms with Crippen LogP contribution in [0, 0.1) is 11.6 Å². The van der Waals surface area contributed by atoms with Crippen molar-refractivity contribution >= 4 is 31.9 Å². The summed E-state index contributed by atoms with van der Waals surface area (Å²) in [5.74, 6) is -1.27. The van der Waals surface area contributed by atoms with Crippen molar-refractivity contribution in [2.75, 3.05) is 7.11 Å². The van der Waals surface area contributed by atoms with Gasteiger partial charge in [0.15, 0.2) is 0 Å². The van der Waals surface area contributed by atoms with Crippen molar-refractivity contribution in [3.8, 4) is 17.0 Å². The average Bonchev–Trinajstić information content (AvgIpc) is 3.23. The topological polar surface area (TPSA) is 106 Å². The first-order valence-electron chi connectivity index (χ1n) is 8.77. The maximum absolute atomic E-state index is 14.6. The van der Waals surface area contributed by atoms with Gasteiger partial charge in [0.2, 0.25) is 11.3 Å². The molecule has 1 aromatic carbocycles. The molecule has 162 valence electrons. The van der Waals surface area contributed by atoms with Gasteiger partial charge in [0, 0.05) is 17.3 Å². The first kappa shape index (κ1) is 22.6. The van der Waals surface area contributed by atoms with E-state index < -0.39 is 38.0 Å². The molecular weight excluding hydrogens is 453 g/mol. The number of hydrogen-bond acceptors (Lipinski definition) is 6.